The monoisotopic (exact) mass is 432 g/mol. The summed E-state index contributed by atoms with van der Waals surface area (Å²) in [5.41, 5.74) is 4.48. The van der Waals surface area contributed by atoms with Gasteiger partial charge in [0.25, 0.3) is 5.95 Å². The number of thiazole rings is 1. The van der Waals surface area contributed by atoms with Gasteiger partial charge < -0.3 is 15.9 Å². The molecule has 0 bridgehead atoms. The molecule has 12 heteroatoms. The number of hydrazone groups is 1. The van der Waals surface area contributed by atoms with Gasteiger partial charge in [0.15, 0.2) is 5.13 Å². The third-order valence-electron chi connectivity index (χ3n) is 3.43. The van der Waals surface area contributed by atoms with Crippen molar-refractivity contribution in [3.63, 3.8) is 0 Å². The number of hydrogen-bond donors (Lipinski definition) is 3. The second-order valence-corrected chi connectivity index (χ2v) is 7.48. The van der Waals surface area contributed by atoms with Crippen LogP contribution in [-0.2, 0) is 4.79 Å². The van der Waals surface area contributed by atoms with Crippen molar-refractivity contribution in [2.75, 3.05) is 28.9 Å². The molecule has 0 aliphatic heterocycles. The molecule has 3 rings (SSSR count). The van der Waals surface area contributed by atoms with Crippen molar-refractivity contribution in [2.24, 2.45) is 5.10 Å². The van der Waals surface area contributed by atoms with Gasteiger partial charge in [-0.05, 0) is 43.7 Å². The van der Waals surface area contributed by atoms with Crippen molar-refractivity contribution in [1.82, 2.24) is 19.9 Å². The molecule has 2 aromatic heterocycles. The fourth-order valence-electron chi connectivity index (χ4n) is 2.13. The zero-order chi connectivity index (χ0) is 20.6. The normalized spacial score (nSPS) is 11.0. The molecule has 0 fully saturated rings. The summed E-state index contributed by atoms with van der Waals surface area (Å²) < 4.78 is 6.63. The molecule has 1 amide bonds. The van der Waals surface area contributed by atoms with E-state index >= 15 is 0 Å². The van der Waals surface area contributed by atoms with Gasteiger partial charge >= 0.3 is 0 Å². The molecule has 0 aliphatic carbocycles. The maximum absolute atomic E-state index is 12.0. The number of amides is 1. The minimum atomic E-state index is -0.199. The summed E-state index contributed by atoms with van der Waals surface area (Å²) in [6.07, 6.45) is 1.63. The van der Waals surface area contributed by atoms with E-state index in [4.69, 9.17) is 10.6 Å². The van der Waals surface area contributed by atoms with E-state index in [1.165, 1.54) is 16.0 Å². The van der Waals surface area contributed by atoms with E-state index in [1.54, 1.807) is 6.21 Å². The predicted molar refractivity (Wildman–Crippen MR) is 115 cm³/mol. The number of ether oxygens (including phenoxy) is 1. The van der Waals surface area contributed by atoms with Gasteiger partial charge in [0.05, 0.1) is 24.3 Å². The summed E-state index contributed by atoms with van der Waals surface area (Å²) in [5, 5.41) is 17.5. The number of carbonyl (C=O) groups is 1. The maximum Gasteiger partial charge on any atom is 0.264 e. The Balaban J connectivity index is 1.50. The topological polar surface area (TPSA) is 132 Å². The van der Waals surface area contributed by atoms with Gasteiger partial charge in [-0.2, -0.15) is 5.10 Å². The Morgan fingerprint density at radius 3 is 2.86 bits per heavy atom. The van der Waals surface area contributed by atoms with Crippen LogP contribution in [0.2, 0.25) is 0 Å². The number of aromatic nitrogens is 4. The van der Waals surface area contributed by atoms with Crippen LogP contribution in [0.15, 0.2) is 39.9 Å². The van der Waals surface area contributed by atoms with Gasteiger partial charge in [0.1, 0.15) is 5.75 Å². The number of benzene rings is 1. The number of carbonyl (C=O) groups excluding carboxylic acids is 1. The molecule has 0 unspecified atom stereocenters. The summed E-state index contributed by atoms with van der Waals surface area (Å²) in [4.78, 5) is 16.2. The first kappa shape index (κ1) is 20.6. The van der Waals surface area contributed by atoms with E-state index in [0.717, 1.165) is 28.8 Å². The molecule has 3 aromatic rings. The van der Waals surface area contributed by atoms with Gasteiger partial charge in [-0.15, -0.1) is 21.5 Å². The first-order chi connectivity index (χ1) is 14.0. The Hall–Kier alpha value is -3.12. The van der Waals surface area contributed by atoms with E-state index in [1.807, 2.05) is 43.5 Å². The SMILES string of the molecule is CCOc1ccc(/C=N/Nc2nnc(SCC(=O)Nc3nc(C)cs3)n2N)cc1. The fraction of sp³-hybridized carbons (Fsp3) is 0.235. The van der Waals surface area contributed by atoms with E-state index in [2.05, 4.69) is 31.0 Å². The van der Waals surface area contributed by atoms with E-state index in [-0.39, 0.29) is 17.6 Å². The average Bonchev–Trinajstić information content (AvgIpc) is 3.27. The summed E-state index contributed by atoms with van der Waals surface area (Å²) in [7, 11) is 0. The van der Waals surface area contributed by atoms with Crippen molar-refractivity contribution >= 4 is 46.3 Å². The molecule has 10 nitrogen and oxygen atoms in total. The second-order valence-electron chi connectivity index (χ2n) is 5.68. The van der Waals surface area contributed by atoms with Crippen LogP contribution >= 0.6 is 23.1 Å². The first-order valence-corrected chi connectivity index (χ1v) is 10.5. The first-order valence-electron chi connectivity index (χ1n) is 8.62. The molecule has 2 heterocycles. The van der Waals surface area contributed by atoms with Gasteiger partial charge in [-0.3, -0.25) is 4.79 Å². The summed E-state index contributed by atoms with van der Waals surface area (Å²) in [6, 6.07) is 7.49. The molecular weight excluding hydrogens is 412 g/mol. The Morgan fingerprint density at radius 1 is 1.38 bits per heavy atom. The highest BCUT2D eigenvalue weighted by atomic mass is 32.2. The summed E-state index contributed by atoms with van der Waals surface area (Å²) >= 11 is 2.54. The standard InChI is InChI=1S/C17H20N8O2S2/c1-3-27-13-6-4-12(5-7-13)8-19-22-15-23-24-17(25(15)18)29-10-14(26)21-16-20-11(2)9-28-16/h4-9H,3,10,18H2,1-2H3,(H,22,23)(H,20,21,26)/b19-8+. The largest absolute Gasteiger partial charge is 0.494 e. The van der Waals surface area contributed by atoms with Crippen LogP contribution < -0.4 is 21.3 Å². The van der Waals surface area contributed by atoms with Crippen LogP contribution in [0.3, 0.4) is 0 Å². The molecule has 0 spiro atoms. The molecule has 152 valence electrons. The van der Waals surface area contributed by atoms with Crippen LogP contribution in [0.4, 0.5) is 11.1 Å². The van der Waals surface area contributed by atoms with Crippen molar-refractivity contribution in [3.8, 4) is 5.75 Å². The molecule has 0 radical (unpaired) electrons. The minimum Gasteiger partial charge on any atom is -0.494 e. The van der Waals surface area contributed by atoms with Crippen LogP contribution in [0.5, 0.6) is 5.75 Å². The highest BCUT2D eigenvalue weighted by molar-refractivity contribution is 7.99. The zero-order valence-corrected chi connectivity index (χ0v) is 17.5. The molecule has 0 aliphatic rings. The number of anilines is 2. The van der Waals surface area contributed by atoms with Crippen molar-refractivity contribution < 1.29 is 9.53 Å². The van der Waals surface area contributed by atoms with Gasteiger partial charge in [0.2, 0.25) is 11.1 Å². The number of nitrogen functional groups attached to an aromatic ring is 1. The molecule has 0 saturated carbocycles. The number of nitrogens with two attached hydrogens (primary N) is 1. The maximum atomic E-state index is 12.0. The Labute approximate surface area is 175 Å². The number of thioether (sulfide) groups is 1. The number of nitrogens with one attached hydrogen (secondary N) is 2. The van der Waals surface area contributed by atoms with E-state index in [9.17, 15) is 4.79 Å². The zero-order valence-electron chi connectivity index (χ0n) is 15.8. The Morgan fingerprint density at radius 2 is 2.17 bits per heavy atom. The molecule has 1 aromatic carbocycles. The van der Waals surface area contributed by atoms with E-state index in [0.29, 0.717) is 16.9 Å². The molecule has 29 heavy (non-hydrogen) atoms. The predicted octanol–water partition coefficient (Wildman–Crippen LogP) is 2.33. The number of hydrogen-bond acceptors (Lipinski definition) is 10. The van der Waals surface area contributed by atoms with Crippen LogP contribution in [0, 0.1) is 6.92 Å². The lowest BCUT2D eigenvalue weighted by Gasteiger charge is -2.03. The van der Waals surface area contributed by atoms with Gasteiger partial charge in [-0.25, -0.2) is 15.1 Å². The smallest absolute Gasteiger partial charge is 0.264 e. The van der Waals surface area contributed by atoms with Crippen molar-refractivity contribution in [1.29, 1.82) is 0 Å². The van der Waals surface area contributed by atoms with E-state index < -0.39 is 0 Å². The highest BCUT2D eigenvalue weighted by Crippen LogP contribution is 2.19. The molecular formula is C17H20N8O2S2. The summed E-state index contributed by atoms with van der Waals surface area (Å²) in [5.74, 6) is 6.94. The van der Waals surface area contributed by atoms with Crippen LogP contribution in [0.25, 0.3) is 0 Å². The van der Waals surface area contributed by atoms with Crippen molar-refractivity contribution in [2.45, 2.75) is 19.0 Å². The average molecular weight is 433 g/mol. The molecule has 0 saturated heterocycles. The van der Waals surface area contributed by atoms with Gasteiger partial charge in [-0.1, -0.05) is 11.8 Å². The summed E-state index contributed by atoms with van der Waals surface area (Å²) in [6.45, 7) is 4.42. The number of rotatable bonds is 9. The highest BCUT2D eigenvalue weighted by Gasteiger charge is 2.12. The minimum absolute atomic E-state index is 0.128. The lowest BCUT2D eigenvalue weighted by molar-refractivity contribution is -0.113. The van der Waals surface area contributed by atoms with Gasteiger partial charge in [0, 0.05) is 5.38 Å². The van der Waals surface area contributed by atoms with Crippen LogP contribution in [-0.4, -0.2) is 44.3 Å². The lowest BCUT2D eigenvalue weighted by Crippen LogP contribution is -2.16. The third-order valence-corrected chi connectivity index (χ3v) is 5.25. The van der Waals surface area contributed by atoms with Crippen LogP contribution in [0.1, 0.15) is 18.2 Å². The fourth-order valence-corrected chi connectivity index (χ4v) is 3.49. The third kappa shape index (κ3) is 5.93. The molecule has 0 atom stereocenters. The Kier molecular flexibility index (Phi) is 7.03. The number of nitrogens with zero attached hydrogens (tertiary/aromatic N) is 5. The molecule has 4 N–H and O–H groups in total. The Bertz CT molecular complexity index is 984. The lowest BCUT2D eigenvalue weighted by atomic mass is 10.2. The van der Waals surface area contributed by atoms with Crippen molar-refractivity contribution in [3.05, 3.63) is 40.9 Å². The quantitative estimate of drug-likeness (QED) is 0.203. The number of aryl methyl sites for hydroxylation is 1. The second kappa shape index (κ2) is 9.89.